The Balaban J connectivity index is 1.37. The summed E-state index contributed by atoms with van der Waals surface area (Å²) in [6.07, 6.45) is 5.39. The number of halogens is 2. The van der Waals surface area contributed by atoms with Gasteiger partial charge in [-0.25, -0.2) is 8.78 Å². The third kappa shape index (κ3) is 5.12. The molecule has 2 atom stereocenters. The highest BCUT2D eigenvalue weighted by Crippen LogP contribution is 2.36. The Hall–Kier alpha value is -4.05. The highest BCUT2D eigenvalue weighted by molar-refractivity contribution is 5.99. The van der Waals surface area contributed by atoms with Gasteiger partial charge < -0.3 is 19.5 Å². The van der Waals surface area contributed by atoms with Crippen molar-refractivity contribution in [3.8, 4) is 5.75 Å². The van der Waals surface area contributed by atoms with Crippen LogP contribution in [0, 0.1) is 11.6 Å². The fraction of sp³-hybridized carbons (Fsp3) is 0.387. The number of benzene rings is 2. The number of rotatable bonds is 7. The summed E-state index contributed by atoms with van der Waals surface area (Å²) in [7, 11) is 0. The molecule has 0 unspecified atom stereocenters. The normalized spacial score (nSPS) is 20.7. The van der Waals surface area contributed by atoms with Gasteiger partial charge in [0.15, 0.2) is 11.4 Å². The van der Waals surface area contributed by atoms with Gasteiger partial charge >= 0.3 is 0 Å². The Kier molecular flexibility index (Phi) is 7.33. The number of ether oxygens (including phenoxy) is 1. The second-order valence-corrected chi connectivity index (χ2v) is 11.0. The number of nitrogens with one attached hydrogen (secondary N) is 1. The third-order valence-corrected chi connectivity index (χ3v) is 8.49. The van der Waals surface area contributed by atoms with Gasteiger partial charge in [0.05, 0.1) is 6.54 Å². The topological polar surface area (TPSA) is 83.9 Å². The lowest BCUT2D eigenvalue weighted by atomic mass is 9.89. The van der Waals surface area contributed by atoms with Gasteiger partial charge in [0.25, 0.3) is 11.8 Å². The molecule has 0 bridgehead atoms. The summed E-state index contributed by atoms with van der Waals surface area (Å²) in [6, 6.07) is 12.7. The Labute approximate surface area is 236 Å². The summed E-state index contributed by atoms with van der Waals surface area (Å²) in [5, 5.41) is 2.57. The summed E-state index contributed by atoms with van der Waals surface area (Å²) >= 11 is 0. The van der Waals surface area contributed by atoms with E-state index in [0.717, 1.165) is 49.9 Å². The van der Waals surface area contributed by atoms with E-state index in [2.05, 4.69) is 10.2 Å². The van der Waals surface area contributed by atoms with E-state index in [1.165, 1.54) is 12.3 Å². The summed E-state index contributed by atoms with van der Waals surface area (Å²) < 4.78 is 35.2. The molecule has 6 rings (SSSR count). The molecule has 1 saturated heterocycles. The lowest BCUT2D eigenvalue weighted by molar-refractivity contribution is -0.0662. The van der Waals surface area contributed by atoms with Gasteiger partial charge in [-0.2, -0.15) is 0 Å². The van der Waals surface area contributed by atoms with Crippen LogP contribution in [0.3, 0.4) is 0 Å². The van der Waals surface area contributed by atoms with Crippen molar-refractivity contribution in [2.75, 3.05) is 6.54 Å². The highest BCUT2D eigenvalue weighted by atomic mass is 19.1. The maximum atomic E-state index is 14.2. The van der Waals surface area contributed by atoms with E-state index >= 15 is 0 Å². The number of nitrogens with zero attached hydrogens (tertiary/aromatic N) is 3. The molecule has 3 heterocycles. The molecule has 0 spiro atoms. The molecule has 10 heteroatoms. The van der Waals surface area contributed by atoms with E-state index in [1.807, 2.05) is 42.2 Å². The molecule has 3 aromatic rings. The van der Waals surface area contributed by atoms with E-state index in [-0.39, 0.29) is 53.8 Å². The number of aromatic nitrogens is 1. The van der Waals surface area contributed by atoms with Crippen LogP contribution < -0.4 is 15.5 Å². The van der Waals surface area contributed by atoms with Crippen LogP contribution in [0.1, 0.15) is 64.6 Å². The van der Waals surface area contributed by atoms with Crippen LogP contribution in [-0.4, -0.2) is 51.0 Å². The minimum absolute atomic E-state index is 0.0109. The number of pyridine rings is 1. The van der Waals surface area contributed by atoms with Crippen LogP contribution in [0.5, 0.6) is 5.75 Å². The van der Waals surface area contributed by atoms with Crippen molar-refractivity contribution >= 4 is 11.8 Å². The molecule has 1 saturated carbocycles. The van der Waals surface area contributed by atoms with Crippen molar-refractivity contribution in [2.45, 2.75) is 70.6 Å². The van der Waals surface area contributed by atoms with Gasteiger partial charge in [0, 0.05) is 43.0 Å². The van der Waals surface area contributed by atoms with Crippen LogP contribution in [0.25, 0.3) is 0 Å². The summed E-state index contributed by atoms with van der Waals surface area (Å²) in [5.74, 6) is -2.73. The molecule has 41 heavy (non-hydrogen) atoms. The minimum atomic E-state index is -0.799. The number of carbonyl (C=O) groups is 2. The van der Waals surface area contributed by atoms with Crippen molar-refractivity contribution in [1.29, 1.82) is 0 Å². The van der Waals surface area contributed by atoms with E-state index in [4.69, 9.17) is 4.74 Å². The Morgan fingerprint density at radius 2 is 1.85 bits per heavy atom. The van der Waals surface area contributed by atoms with Crippen molar-refractivity contribution in [1.82, 2.24) is 19.7 Å². The van der Waals surface area contributed by atoms with Gasteiger partial charge in [-0.1, -0.05) is 42.8 Å². The molecule has 1 N–H and O–H groups in total. The largest absolute Gasteiger partial charge is 0.483 e. The number of hydrogen-bond donors (Lipinski definition) is 1. The molecule has 0 radical (unpaired) electrons. The molecule has 1 aliphatic carbocycles. The molecular weight excluding hydrogens is 530 g/mol. The molecule has 2 fully saturated rings. The summed E-state index contributed by atoms with van der Waals surface area (Å²) in [5.41, 5.74) is 0.0919. The summed E-state index contributed by atoms with van der Waals surface area (Å²) in [6.45, 7) is 3.09. The molecule has 1 aromatic heterocycles. The van der Waals surface area contributed by atoms with Crippen molar-refractivity contribution in [2.24, 2.45) is 0 Å². The zero-order valence-corrected chi connectivity index (χ0v) is 22.8. The molecule has 2 amide bonds. The van der Waals surface area contributed by atoms with Crippen LogP contribution in [0.15, 0.2) is 59.5 Å². The lowest BCUT2D eigenvalue weighted by Crippen LogP contribution is -2.66. The first-order chi connectivity index (χ1) is 19.8. The van der Waals surface area contributed by atoms with Gasteiger partial charge in [0.2, 0.25) is 5.43 Å². The van der Waals surface area contributed by atoms with Gasteiger partial charge in [0.1, 0.15) is 30.0 Å². The maximum absolute atomic E-state index is 14.2. The van der Waals surface area contributed by atoms with Gasteiger partial charge in [-0.15, -0.1) is 0 Å². The van der Waals surface area contributed by atoms with Crippen molar-refractivity contribution in [3.63, 3.8) is 0 Å². The second kappa shape index (κ2) is 11.1. The van der Waals surface area contributed by atoms with E-state index in [0.29, 0.717) is 12.6 Å². The van der Waals surface area contributed by atoms with Crippen LogP contribution in [-0.2, 0) is 19.7 Å². The second-order valence-electron chi connectivity index (χ2n) is 11.0. The fourth-order valence-corrected chi connectivity index (χ4v) is 6.01. The Bertz CT molecular complexity index is 1540. The molecule has 214 valence electrons. The number of amides is 2. The standard InChI is InChI=1S/C31H32F2N4O4/c1-19-12-13-36(23-8-5-9-23)26-17-35-16-24(30(39)34-15-21-10-11-22(32)14-25(21)33)28(38)29(27(35)31(40)37(19)26)41-18-20-6-3-2-4-7-20/h2-4,6-7,10-11,14,16,19,23,26H,5,8-9,12-13,15,17-18H2,1H3,(H,34,39)/t19-,26-/m0/s1. The first-order valence-corrected chi connectivity index (χ1v) is 14.1. The molecular formula is C31H32F2N4O4. The van der Waals surface area contributed by atoms with E-state index in [9.17, 15) is 23.2 Å². The van der Waals surface area contributed by atoms with Crippen LogP contribution in [0.4, 0.5) is 8.78 Å². The predicted octanol–water partition coefficient (Wildman–Crippen LogP) is 4.06. The predicted molar refractivity (Wildman–Crippen MR) is 147 cm³/mol. The first kappa shape index (κ1) is 27.1. The third-order valence-electron chi connectivity index (χ3n) is 8.49. The number of carbonyl (C=O) groups excluding carboxylic acids is 2. The fourth-order valence-electron chi connectivity index (χ4n) is 6.01. The minimum Gasteiger partial charge on any atom is -0.483 e. The molecule has 2 aromatic carbocycles. The van der Waals surface area contributed by atoms with E-state index < -0.39 is 23.0 Å². The Morgan fingerprint density at radius 1 is 1.07 bits per heavy atom. The lowest BCUT2D eigenvalue weighted by Gasteiger charge is -2.54. The van der Waals surface area contributed by atoms with Crippen LogP contribution >= 0.6 is 0 Å². The first-order valence-electron chi connectivity index (χ1n) is 14.1. The molecule has 2 aliphatic heterocycles. The number of hydrogen-bond acceptors (Lipinski definition) is 5. The SMILES string of the molecule is C[C@H]1CCN(C2CCC2)[C@@H]2Cn3cc(C(=O)NCc4ccc(F)cc4F)c(=O)c(OCc4ccccc4)c3C(=O)N12. The zero-order chi connectivity index (χ0) is 28.7. The van der Waals surface area contributed by atoms with Crippen molar-refractivity contribution in [3.05, 3.63) is 99.0 Å². The number of fused-ring (bicyclic) bond motifs is 2. The molecule has 8 nitrogen and oxygen atoms in total. The zero-order valence-electron chi connectivity index (χ0n) is 22.8. The van der Waals surface area contributed by atoms with E-state index in [1.54, 1.807) is 4.57 Å². The average Bonchev–Trinajstić information content (AvgIpc) is 2.93. The summed E-state index contributed by atoms with van der Waals surface area (Å²) in [4.78, 5) is 45.3. The maximum Gasteiger partial charge on any atom is 0.276 e. The molecule has 3 aliphatic rings. The monoisotopic (exact) mass is 562 g/mol. The van der Waals surface area contributed by atoms with Gasteiger partial charge in [-0.05, 0) is 37.8 Å². The highest BCUT2D eigenvalue weighted by Gasteiger charge is 2.46. The van der Waals surface area contributed by atoms with Gasteiger partial charge in [-0.3, -0.25) is 19.3 Å². The smallest absolute Gasteiger partial charge is 0.276 e. The Morgan fingerprint density at radius 3 is 2.56 bits per heavy atom. The van der Waals surface area contributed by atoms with Crippen molar-refractivity contribution < 1.29 is 23.1 Å². The quantitative estimate of drug-likeness (QED) is 0.470. The average molecular weight is 563 g/mol. The van der Waals surface area contributed by atoms with Crippen LogP contribution in [0.2, 0.25) is 0 Å².